The lowest BCUT2D eigenvalue weighted by molar-refractivity contribution is 0.147. The number of rotatable bonds is 4. The predicted molar refractivity (Wildman–Crippen MR) is 67.7 cm³/mol. The molecule has 3 nitrogen and oxygen atoms in total. The third-order valence-corrected chi connectivity index (χ3v) is 2.58. The van der Waals surface area contributed by atoms with Gasteiger partial charge in [0.2, 0.25) is 0 Å². The standard InChI is InChI=1S/C13H11BF2O3/c15-13(16)11-8-10(9-4-2-1-3-5-9)6-7-12(11)19-14(17)18/h1-8,13,17-18H. The lowest BCUT2D eigenvalue weighted by atomic mass is 10.0. The van der Waals surface area contributed by atoms with Gasteiger partial charge in [-0.1, -0.05) is 36.4 Å². The highest BCUT2D eigenvalue weighted by molar-refractivity contribution is 6.33. The summed E-state index contributed by atoms with van der Waals surface area (Å²) in [4.78, 5) is 0. The van der Waals surface area contributed by atoms with E-state index in [1.54, 1.807) is 30.3 Å². The Labute approximate surface area is 109 Å². The molecule has 19 heavy (non-hydrogen) atoms. The Kier molecular flexibility index (Phi) is 4.14. The molecule has 0 aliphatic carbocycles. The summed E-state index contributed by atoms with van der Waals surface area (Å²) >= 11 is 0. The first-order valence-electron chi connectivity index (χ1n) is 5.58. The Hall–Kier alpha value is -1.92. The van der Waals surface area contributed by atoms with Crippen molar-refractivity contribution in [2.75, 3.05) is 0 Å². The topological polar surface area (TPSA) is 49.7 Å². The third-order valence-electron chi connectivity index (χ3n) is 2.58. The van der Waals surface area contributed by atoms with E-state index in [1.807, 2.05) is 6.07 Å². The molecule has 0 spiro atoms. The molecule has 0 heterocycles. The molecule has 0 aliphatic heterocycles. The van der Waals surface area contributed by atoms with Crippen molar-refractivity contribution in [3.8, 4) is 16.9 Å². The van der Waals surface area contributed by atoms with Gasteiger partial charge in [-0.15, -0.1) is 0 Å². The summed E-state index contributed by atoms with van der Waals surface area (Å²) in [6, 6.07) is 13.2. The van der Waals surface area contributed by atoms with E-state index in [0.717, 1.165) is 5.56 Å². The van der Waals surface area contributed by atoms with E-state index in [0.29, 0.717) is 5.56 Å². The number of benzene rings is 2. The third kappa shape index (κ3) is 3.30. The van der Waals surface area contributed by atoms with Crippen molar-refractivity contribution in [2.24, 2.45) is 0 Å². The van der Waals surface area contributed by atoms with E-state index >= 15 is 0 Å². The van der Waals surface area contributed by atoms with Gasteiger partial charge in [-0.3, -0.25) is 0 Å². The molecule has 0 radical (unpaired) electrons. The summed E-state index contributed by atoms with van der Waals surface area (Å²) in [5.41, 5.74) is 1.02. The van der Waals surface area contributed by atoms with Gasteiger partial charge in [0, 0.05) is 0 Å². The Bertz CT molecular complexity index is 547. The smallest absolute Gasteiger partial charge is 0.512 e. The van der Waals surface area contributed by atoms with Crippen molar-refractivity contribution < 1.29 is 23.5 Å². The summed E-state index contributed by atoms with van der Waals surface area (Å²) in [6.07, 6.45) is -2.77. The summed E-state index contributed by atoms with van der Waals surface area (Å²) in [5, 5.41) is 17.4. The minimum atomic E-state index is -2.77. The largest absolute Gasteiger partial charge is 0.707 e. The Balaban J connectivity index is 2.42. The second-order valence-corrected chi connectivity index (χ2v) is 3.86. The van der Waals surface area contributed by atoms with Crippen LogP contribution < -0.4 is 4.65 Å². The second kappa shape index (κ2) is 5.82. The molecule has 2 aromatic rings. The molecule has 98 valence electrons. The molecular formula is C13H11BF2O3. The minimum Gasteiger partial charge on any atom is -0.512 e. The van der Waals surface area contributed by atoms with Crippen molar-refractivity contribution in [3.05, 3.63) is 54.1 Å². The monoisotopic (exact) mass is 264 g/mol. The second-order valence-electron chi connectivity index (χ2n) is 3.86. The fourth-order valence-corrected chi connectivity index (χ4v) is 1.75. The summed E-state index contributed by atoms with van der Waals surface area (Å²) in [6.45, 7) is 0. The summed E-state index contributed by atoms with van der Waals surface area (Å²) in [7, 11) is -2.12. The molecular weight excluding hydrogens is 253 g/mol. The first-order chi connectivity index (χ1) is 9.08. The van der Waals surface area contributed by atoms with E-state index < -0.39 is 13.7 Å². The van der Waals surface area contributed by atoms with Gasteiger partial charge in [0.25, 0.3) is 6.43 Å². The molecule has 0 atom stereocenters. The molecule has 0 saturated carbocycles. The van der Waals surface area contributed by atoms with Crippen molar-refractivity contribution in [3.63, 3.8) is 0 Å². The van der Waals surface area contributed by atoms with Gasteiger partial charge in [0.05, 0.1) is 5.56 Å². The van der Waals surface area contributed by atoms with Crippen LogP contribution in [0.3, 0.4) is 0 Å². The molecule has 2 N–H and O–H groups in total. The van der Waals surface area contributed by atoms with E-state index in [4.69, 9.17) is 10.0 Å². The number of hydrogen-bond acceptors (Lipinski definition) is 3. The van der Waals surface area contributed by atoms with Crippen LogP contribution in [0.15, 0.2) is 48.5 Å². The van der Waals surface area contributed by atoms with Crippen LogP contribution in [0.5, 0.6) is 5.75 Å². The molecule has 0 saturated heterocycles. The molecule has 0 aliphatic rings. The van der Waals surface area contributed by atoms with Crippen LogP contribution >= 0.6 is 0 Å². The molecule has 0 unspecified atom stereocenters. The summed E-state index contributed by atoms with van der Waals surface area (Å²) < 4.78 is 30.4. The SMILES string of the molecule is OB(O)Oc1ccc(-c2ccccc2)cc1C(F)F. The fraction of sp³-hybridized carbons (Fsp3) is 0.0769. The zero-order chi connectivity index (χ0) is 13.8. The van der Waals surface area contributed by atoms with E-state index in [-0.39, 0.29) is 11.3 Å². The van der Waals surface area contributed by atoms with Gasteiger partial charge < -0.3 is 14.7 Å². The van der Waals surface area contributed by atoms with E-state index in [2.05, 4.69) is 4.65 Å². The highest BCUT2D eigenvalue weighted by Gasteiger charge is 2.20. The minimum absolute atomic E-state index is 0.246. The first-order valence-corrected chi connectivity index (χ1v) is 5.58. The van der Waals surface area contributed by atoms with Gasteiger partial charge in [-0.2, -0.15) is 0 Å². The van der Waals surface area contributed by atoms with E-state index in [9.17, 15) is 8.78 Å². The van der Waals surface area contributed by atoms with Gasteiger partial charge in [-0.25, -0.2) is 8.78 Å². The zero-order valence-electron chi connectivity index (χ0n) is 9.83. The number of hydrogen-bond donors (Lipinski definition) is 2. The molecule has 6 heteroatoms. The van der Waals surface area contributed by atoms with Crippen LogP contribution in [0.2, 0.25) is 0 Å². The van der Waals surface area contributed by atoms with Gasteiger partial charge in [0.15, 0.2) is 0 Å². The lowest BCUT2D eigenvalue weighted by Gasteiger charge is -2.12. The van der Waals surface area contributed by atoms with Crippen LogP contribution in [-0.4, -0.2) is 17.4 Å². The average molecular weight is 264 g/mol. The lowest BCUT2D eigenvalue weighted by Crippen LogP contribution is -2.21. The first kappa shape index (κ1) is 13.5. The van der Waals surface area contributed by atoms with Crippen LogP contribution in [0.25, 0.3) is 11.1 Å². The molecule has 2 rings (SSSR count). The van der Waals surface area contributed by atoms with Crippen LogP contribution in [-0.2, 0) is 0 Å². The highest BCUT2D eigenvalue weighted by atomic mass is 19.3. The molecule has 0 amide bonds. The molecule has 0 bridgehead atoms. The maximum absolute atomic E-state index is 12.9. The Morgan fingerprint density at radius 2 is 1.63 bits per heavy atom. The quantitative estimate of drug-likeness (QED) is 0.834. The highest BCUT2D eigenvalue weighted by Crippen LogP contribution is 2.33. The van der Waals surface area contributed by atoms with Crippen molar-refractivity contribution in [1.82, 2.24) is 0 Å². The van der Waals surface area contributed by atoms with Crippen LogP contribution in [0, 0.1) is 0 Å². The number of halogens is 2. The van der Waals surface area contributed by atoms with Crippen LogP contribution in [0.4, 0.5) is 8.78 Å². The van der Waals surface area contributed by atoms with Crippen LogP contribution in [0.1, 0.15) is 12.0 Å². The maximum Gasteiger partial charge on any atom is 0.707 e. The van der Waals surface area contributed by atoms with Gasteiger partial charge in [-0.05, 0) is 23.3 Å². The van der Waals surface area contributed by atoms with Crippen molar-refractivity contribution >= 4 is 7.32 Å². The predicted octanol–water partition coefficient (Wildman–Crippen LogP) is 2.64. The fourth-order valence-electron chi connectivity index (χ4n) is 1.75. The zero-order valence-corrected chi connectivity index (χ0v) is 9.83. The summed E-state index contributed by atoms with van der Waals surface area (Å²) in [5.74, 6) is -0.246. The van der Waals surface area contributed by atoms with Crippen molar-refractivity contribution in [2.45, 2.75) is 6.43 Å². The van der Waals surface area contributed by atoms with Gasteiger partial charge in [0.1, 0.15) is 5.75 Å². The molecule has 2 aromatic carbocycles. The number of alkyl halides is 2. The Morgan fingerprint density at radius 1 is 0.947 bits per heavy atom. The molecule has 0 aromatic heterocycles. The normalized spacial score (nSPS) is 10.6. The van der Waals surface area contributed by atoms with Gasteiger partial charge >= 0.3 is 7.32 Å². The molecule has 0 fully saturated rings. The van der Waals surface area contributed by atoms with Crippen molar-refractivity contribution in [1.29, 1.82) is 0 Å². The average Bonchev–Trinajstić information content (AvgIpc) is 2.39. The Morgan fingerprint density at radius 3 is 2.21 bits per heavy atom. The maximum atomic E-state index is 12.9. The van der Waals surface area contributed by atoms with E-state index in [1.165, 1.54) is 12.1 Å².